The van der Waals surface area contributed by atoms with Crippen molar-refractivity contribution in [2.75, 3.05) is 33.3 Å². The molecule has 3 rings (SSSR count). The summed E-state index contributed by atoms with van der Waals surface area (Å²) < 4.78 is 0. The predicted molar refractivity (Wildman–Crippen MR) is 104 cm³/mol. The molecule has 0 bridgehead atoms. The van der Waals surface area contributed by atoms with E-state index in [4.69, 9.17) is 0 Å². The molecule has 0 unspecified atom stereocenters. The summed E-state index contributed by atoms with van der Waals surface area (Å²) >= 11 is 0. The Morgan fingerprint density at radius 3 is 2.63 bits per heavy atom. The molecule has 1 aromatic rings. The van der Waals surface area contributed by atoms with E-state index < -0.39 is 6.04 Å². The lowest BCUT2D eigenvalue weighted by atomic mass is 9.69. The van der Waals surface area contributed by atoms with E-state index in [0.29, 0.717) is 19.6 Å². The van der Waals surface area contributed by atoms with Crippen molar-refractivity contribution in [2.24, 2.45) is 5.41 Å². The van der Waals surface area contributed by atoms with Gasteiger partial charge in [-0.05, 0) is 25.3 Å². The Kier molecular flexibility index (Phi) is 6.17. The molecule has 6 heteroatoms. The van der Waals surface area contributed by atoms with E-state index in [1.807, 2.05) is 0 Å². The Balaban J connectivity index is 1.63. The summed E-state index contributed by atoms with van der Waals surface area (Å²) in [5, 5.41) is 12.5. The molecule has 1 heterocycles. The quantitative estimate of drug-likeness (QED) is 0.756. The van der Waals surface area contributed by atoms with Crippen LogP contribution in [0.3, 0.4) is 0 Å². The molecular weight excluding hydrogens is 342 g/mol. The van der Waals surface area contributed by atoms with Crippen LogP contribution in [0.4, 0.5) is 0 Å². The maximum Gasteiger partial charge on any atom is 0.237 e. The molecule has 1 aliphatic carbocycles. The lowest BCUT2D eigenvalue weighted by Gasteiger charge is -2.43. The number of hydrogen-bond donors (Lipinski definition) is 2. The Labute approximate surface area is 161 Å². The number of aliphatic hydroxyl groups is 1. The predicted octanol–water partition coefficient (Wildman–Crippen LogP) is 1.31. The second-order valence-corrected chi connectivity index (χ2v) is 8.23. The molecule has 1 atom stereocenters. The van der Waals surface area contributed by atoms with E-state index in [9.17, 15) is 14.7 Å². The van der Waals surface area contributed by atoms with E-state index in [1.165, 1.54) is 5.56 Å². The summed E-state index contributed by atoms with van der Waals surface area (Å²) in [6, 6.07) is 7.85. The maximum absolute atomic E-state index is 12.8. The molecule has 0 spiro atoms. The fourth-order valence-electron chi connectivity index (χ4n) is 4.06. The van der Waals surface area contributed by atoms with Crippen LogP contribution in [0.5, 0.6) is 0 Å². The third kappa shape index (κ3) is 4.68. The van der Waals surface area contributed by atoms with Gasteiger partial charge in [-0.15, -0.1) is 0 Å². The van der Waals surface area contributed by atoms with Crippen LogP contribution >= 0.6 is 0 Å². The number of rotatable bonds is 7. The van der Waals surface area contributed by atoms with Gasteiger partial charge in [0.25, 0.3) is 0 Å². The third-order valence-corrected chi connectivity index (χ3v) is 6.06. The van der Waals surface area contributed by atoms with Crippen LogP contribution in [0.2, 0.25) is 0 Å². The Bertz CT molecular complexity index is 664. The van der Waals surface area contributed by atoms with Crippen LogP contribution in [0, 0.1) is 12.3 Å². The maximum atomic E-state index is 12.8. The van der Waals surface area contributed by atoms with Crippen LogP contribution in [-0.4, -0.2) is 66.1 Å². The number of carbonyl (C=O) groups is 2. The Morgan fingerprint density at radius 1 is 1.33 bits per heavy atom. The van der Waals surface area contributed by atoms with Crippen molar-refractivity contribution in [3.05, 3.63) is 35.4 Å². The zero-order chi connectivity index (χ0) is 19.4. The van der Waals surface area contributed by atoms with E-state index in [1.54, 1.807) is 11.9 Å². The number of benzene rings is 1. The van der Waals surface area contributed by atoms with E-state index in [0.717, 1.165) is 31.4 Å². The minimum Gasteiger partial charge on any atom is -0.396 e. The molecule has 6 nitrogen and oxygen atoms in total. The standard InChI is InChI=1S/C21H31N3O3/c1-16-4-6-17(7-5-16)13-24-11-10-22-20(27)18(24)12-19(26)23(2)14-21(15-25)8-3-9-21/h4-7,18,25H,3,8-15H2,1-2H3,(H,22,27)/t18-/m1/s1. The van der Waals surface area contributed by atoms with Crippen molar-refractivity contribution in [1.82, 2.24) is 15.1 Å². The summed E-state index contributed by atoms with van der Waals surface area (Å²) in [6.45, 7) is 4.75. The molecule has 2 aliphatic rings. The molecular formula is C21H31N3O3. The van der Waals surface area contributed by atoms with Crippen molar-refractivity contribution in [1.29, 1.82) is 0 Å². The van der Waals surface area contributed by atoms with Gasteiger partial charge in [0.1, 0.15) is 0 Å². The van der Waals surface area contributed by atoms with Gasteiger partial charge < -0.3 is 15.3 Å². The first-order valence-electron chi connectivity index (χ1n) is 9.85. The number of carbonyl (C=O) groups excluding carboxylic acids is 2. The minimum absolute atomic E-state index is 0.0364. The molecule has 27 heavy (non-hydrogen) atoms. The zero-order valence-corrected chi connectivity index (χ0v) is 16.4. The number of piperazine rings is 1. The highest BCUT2D eigenvalue weighted by molar-refractivity contribution is 5.88. The van der Waals surface area contributed by atoms with Gasteiger partial charge in [0, 0.05) is 38.6 Å². The highest BCUT2D eigenvalue weighted by atomic mass is 16.3. The minimum atomic E-state index is -0.443. The molecule has 2 fully saturated rings. The Morgan fingerprint density at radius 2 is 2.04 bits per heavy atom. The molecule has 1 saturated carbocycles. The molecule has 0 radical (unpaired) electrons. The van der Waals surface area contributed by atoms with E-state index in [-0.39, 0.29) is 30.3 Å². The van der Waals surface area contributed by atoms with Gasteiger partial charge in [-0.3, -0.25) is 14.5 Å². The second kappa shape index (κ2) is 8.40. The van der Waals surface area contributed by atoms with Crippen LogP contribution in [0.25, 0.3) is 0 Å². The van der Waals surface area contributed by atoms with Crippen molar-refractivity contribution in [3.63, 3.8) is 0 Å². The topological polar surface area (TPSA) is 72.9 Å². The van der Waals surface area contributed by atoms with E-state index >= 15 is 0 Å². The average molecular weight is 373 g/mol. The first kappa shape index (κ1) is 19.8. The number of aliphatic hydroxyl groups excluding tert-OH is 1. The number of nitrogens with one attached hydrogen (secondary N) is 1. The Hall–Kier alpha value is -1.92. The molecule has 2 amide bonds. The first-order chi connectivity index (χ1) is 12.9. The van der Waals surface area contributed by atoms with Crippen molar-refractivity contribution >= 4 is 11.8 Å². The summed E-state index contributed by atoms with van der Waals surface area (Å²) in [5.41, 5.74) is 2.22. The van der Waals surface area contributed by atoms with Gasteiger partial charge >= 0.3 is 0 Å². The van der Waals surface area contributed by atoms with Crippen molar-refractivity contribution in [2.45, 2.75) is 45.2 Å². The van der Waals surface area contributed by atoms with Crippen molar-refractivity contribution < 1.29 is 14.7 Å². The van der Waals surface area contributed by atoms with Gasteiger partial charge in [-0.25, -0.2) is 0 Å². The highest BCUT2D eigenvalue weighted by Crippen LogP contribution is 2.40. The lowest BCUT2D eigenvalue weighted by molar-refractivity contribution is -0.140. The first-order valence-corrected chi connectivity index (χ1v) is 9.85. The zero-order valence-electron chi connectivity index (χ0n) is 16.4. The summed E-state index contributed by atoms with van der Waals surface area (Å²) in [6.07, 6.45) is 3.21. The normalized spacial score (nSPS) is 22.0. The highest BCUT2D eigenvalue weighted by Gasteiger charge is 2.39. The molecule has 2 N–H and O–H groups in total. The third-order valence-electron chi connectivity index (χ3n) is 6.06. The van der Waals surface area contributed by atoms with Gasteiger partial charge in [0.15, 0.2) is 0 Å². The van der Waals surface area contributed by atoms with Crippen LogP contribution in [-0.2, 0) is 16.1 Å². The fourth-order valence-corrected chi connectivity index (χ4v) is 4.06. The molecule has 1 saturated heterocycles. The smallest absolute Gasteiger partial charge is 0.237 e. The van der Waals surface area contributed by atoms with Gasteiger partial charge in [0.05, 0.1) is 19.1 Å². The number of nitrogens with zero attached hydrogens (tertiary/aromatic N) is 2. The summed E-state index contributed by atoms with van der Waals surface area (Å²) in [7, 11) is 1.78. The molecule has 1 aliphatic heterocycles. The molecule has 148 valence electrons. The van der Waals surface area contributed by atoms with Gasteiger partial charge in [-0.2, -0.15) is 0 Å². The summed E-state index contributed by atoms with van der Waals surface area (Å²) in [4.78, 5) is 29.0. The SMILES string of the molecule is Cc1ccc(CN2CCNC(=O)[C@H]2CC(=O)N(C)CC2(CO)CCC2)cc1. The van der Waals surface area contributed by atoms with Crippen molar-refractivity contribution in [3.8, 4) is 0 Å². The average Bonchev–Trinajstić information content (AvgIpc) is 2.62. The molecule has 1 aromatic carbocycles. The largest absolute Gasteiger partial charge is 0.396 e. The van der Waals surface area contributed by atoms with Crippen LogP contribution in [0.15, 0.2) is 24.3 Å². The molecule has 0 aromatic heterocycles. The van der Waals surface area contributed by atoms with Gasteiger partial charge in [-0.1, -0.05) is 36.2 Å². The van der Waals surface area contributed by atoms with Gasteiger partial charge in [0.2, 0.25) is 11.8 Å². The summed E-state index contributed by atoms with van der Waals surface area (Å²) in [5.74, 6) is -0.110. The second-order valence-electron chi connectivity index (χ2n) is 8.23. The number of aryl methyl sites for hydroxylation is 1. The lowest BCUT2D eigenvalue weighted by Crippen LogP contribution is -2.56. The van der Waals surface area contributed by atoms with Crippen LogP contribution < -0.4 is 5.32 Å². The van der Waals surface area contributed by atoms with E-state index in [2.05, 4.69) is 41.4 Å². The fraction of sp³-hybridized carbons (Fsp3) is 0.619. The number of amides is 2. The number of hydrogen-bond acceptors (Lipinski definition) is 4. The van der Waals surface area contributed by atoms with Crippen LogP contribution in [0.1, 0.15) is 36.8 Å². The monoisotopic (exact) mass is 373 g/mol.